The number of rotatable bonds is 8. The number of nitrogens with zero attached hydrogens (tertiary/aromatic N) is 1. The molecule has 0 atom stereocenters. The Morgan fingerprint density at radius 1 is 1.08 bits per heavy atom. The van der Waals surface area contributed by atoms with Gasteiger partial charge in [0, 0.05) is 23.1 Å². The third-order valence-corrected chi connectivity index (χ3v) is 4.79. The molecular formula is C18H27BrCl2N2O. The summed E-state index contributed by atoms with van der Waals surface area (Å²) in [6.45, 7) is 11.5. The second kappa shape index (κ2) is 11.9. The SMILES string of the molecule is CCN(CC)CCNCc1ccc(-c2ccc(Br)c(C)c2)o1.Cl.Cl. The zero-order chi connectivity index (χ0) is 15.9. The van der Waals surface area contributed by atoms with Gasteiger partial charge in [0.1, 0.15) is 11.5 Å². The Morgan fingerprint density at radius 3 is 2.42 bits per heavy atom. The van der Waals surface area contributed by atoms with Crippen LogP contribution < -0.4 is 5.32 Å². The smallest absolute Gasteiger partial charge is 0.134 e. The van der Waals surface area contributed by atoms with Gasteiger partial charge in [0.15, 0.2) is 0 Å². The lowest BCUT2D eigenvalue weighted by Gasteiger charge is -2.17. The molecule has 1 N–H and O–H groups in total. The van der Waals surface area contributed by atoms with Crippen LogP contribution in [-0.4, -0.2) is 31.1 Å². The molecule has 0 saturated carbocycles. The number of nitrogens with one attached hydrogen (secondary N) is 1. The van der Waals surface area contributed by atoms with Crippen LogP contribution in [0.4, 0.5) is 0 Å². The van der Waals surface area contributed by atoms with Gasteiger partial charge in [0.05, 0.1) is 6.54 Å². The lowest BCUT2D eigenvalue weighted by molar-refractivity contribution is 0.300. The number of aryl methyl sites for hydroxylation is 1. The topological polar surface area (TPSA) is 28.4 Å². The molecule has 1 heterocycles. The highest BCUT2D eigenvalue weighted by molar-refractivity contribution is 9.10. The first-order chi connectivity index (χ1) is 10.6. The van der Waals surface area contributed by atoms with Gasteiger partial charge in [0.2, 0.25) is 0 Å². The maximum atomic E-state index is 5.93. The number of halogens is 3. The molecule has 0 radical (unpaired) electrons. The number of hydrogen-bond donors (Lipinski definition) is 1. The molecule has 1 aromatic heterocycles. The molecule has 0 aliphatic carbocycles. The predicted molar refractivity (Wildman–Crippen MR) is 111 cm³/mol. The molecule has 0 amide bonds. The summed E-state index contributed by atoms with van der Waals surface area (Å²) >= 11 is 3.53. The fraction of sp³-hybridized carbons (Fsp3) is 0.444. The number of furan rings is 1. The summed E-state index contributed by atoms with van der Waals surface area (Å²) in [6.07, 6.45) is 0. The van der Waals surface area contributed by atoms with Gasteiger partial charge < -0.3 is 14.6 Å². The highest BCUT2D eigenvalue weighted by Crippen LogP contribution is 2.26. The largest absolute Gasteiger partial charge is 0.460 e. The van der Waals surface area contributed by atoms with E-state index in [1.54, 1.807) is 0 Å². The first-order valence-corrected chi connectivity index (χ1v) is 8.71. The van der Waals surface area contributed by atoms with Gasteiger partial charge in [-0.2, -0.15) is 0 Å². The number of benzene rings is 1. The summed E-state index contributed by atoms with van der Waals surface area (Å²) in [5.41, 5.74) is 2.34. The average Bonchev–Trinajstić information content (AvgIpc) is 2.99. The van der Waals surface area contributed by atoms with Gasteiger partial charge in [-0.15, -0.1) is 24.8 Å². The summed E-state index contributed by atoms with van der Waals surface area (Å²) in [4.78, 5) is 2.41. The van der Waals surface area contributed by atoms with Crippen LogP contribution in [0.15, 0.2) is 39.2 Å². The van der Waals surface area contributed by atoms with E-state index in [1.807, 2.05) is 6.07 Å². The van der Waals surface area contributed by atoms with E-state index in [0.717, 1.165) is 54.3 Å². The summed E-state index contributed by atoms with van der Waals surface area (Å²) < 4.78 is 7.06. The number of hydrogen-bond acceptors (Lipinski definition) is 3. The minimum Gasteiger partial charge on any atom is -0.460 e. The van der Waals surface area contributed by atoms with Gasteiger partial charge in [-0.3, -0.25) is 0 Å². The highest BCUT2D eigenvalue weighted by Gasteiger charge is 2.06. The van der Waals surface area contributed by atoms with E-state index in [4.69, 9.17) is 4.42 Å². The quantitative estimate of drug-likeness (QED) is 0.568. The minimum absolute atomic E-state index is 0. The van der Waals surface area contributed by atoms with Crippen LogP contribution in [0.1, 0.15) is 25.2 Å². The third kappa shape index (κ3) is 6.77. The van der Waals surface area contributed by atoms with Gasteiger partial charge in [-0.25, -0.2) is 0 Å². The summed E-state index contributed by atoms with van der Waals surface area (Å²) in [5, 5.41) is 3.44. The molecule has 3 nitrogen and oxygen atoms in total. The van der Waals surface area contributed by atoms with E-state index in [-0.39, 0.29) is 24.8 Å². The highest BCUT2D eigenvalue weighted by atomic mass is 79.9. The van der Waals surface area contributed by atoms with Crippen molar-refractivity contribution in [3.63, 3.8) is 0 Å². The molecule has 0 aliphatic rings. The van der Waals surface area contributed by atoms with E-state index in [2.05, 4.69) is 71.2 Å². The normalized spacial score (nSPS) is 10.4. The maximum Gasteiger partial charge on any atom is 0.134 e. The van der Waals surface area contributed by atoms with E-state index in [1.165, 1.54) is 5.56 Å². The van der Waals surface area contributed by atoms with Crippen LogP contribution in [0, 0.1) is 6.92 Å². The molecule has 2 aromatic rings. The molecule has 0 saturated heterocycles. The summed E-state index contributed by atoms with van der Waals surface area (Å²) in [6, 6.07) is 10.4. The van der Waals surface area contributed by atoms with Crippen molar-refractivity contribution in [2.45, 2.75) is 27.3 Å². The predicted octanol–water partition coefficient (Wildman–Crippen LogP) is 5.29. The molecule has 1 aromatic carbocycles. The monoisotopic (exact) mass is 436 g/mol. The Balaban J connectivity index is 0.00000264. The maximum absolute atomic E-state index is 5.93. The van der Waals surface area contributed by atoms with Crippen LogP contribution in [0.2, 0.25) is 0 Å². The lowest BCUT2D eigenvalue weighted by Crippen LogP contribution is -2.31. The molecule has 0 aliphatic heterocycles. The van der Waals surface area contributed by atoms with Crippen molar-refractivity contribution in [2.24, 2.45) is 0 Å². The van der Waals surface area contributed by atoms with Crippen LogP contribution in [-0.2, 0) is 6.54 Å². The first-order valence-electron chi connectivity index (χ1n) is 7.92. The molecule has 6 heteroatoms. The lowest BCUT2D eigenvalue weighted by atomic mass is 10.1. The Hall–Kier alpha value is -0.520. The summed E-state index contributed by atoms with van der Waals surface area (Å²) in [7, 11) is 0. The Bertz CT molecular complexity index is 600. The zero-order valence-electron chi connectivity index (χ0n) is 14.5. The standard InChI is InChI=1S/C18H25BrN2O.2ClH/c1-4-21(5-2)11-10-20-13-16-7-9-18(22-16)15-6-8-17(19)14(3)12-15;;/h6-9,12,20H,4-5,10-11,13H2,1-3H3;2*1H. The van der Waals surface area contributed by atoms with Crippen LogP contribution in [0.3, 0.4) is 0 Å². The Morgan fingerprint density at radius 2 is 1.79 bits per heavy atom. The van der Waals surface area contributed by atoms with Crippen LogP contribution in [0.5, 0.6) is 0 Å². The second-order valence-corrected chi connectivity index (χ2v) is 6.29. The van der Waals surface area contributed by atoms with E-state index in [9.17, 15) is 0 Å². The molecular weight excluding hydrogens is 411 g/mol. The molecule has 0 bridgehead atoms. The minimum atomic E-state index is 0. The van der Waals surface area contributed by atoms with Crippen molar-refractivity contribution >= 4 is 40.7 Å². The van der Waals surface area contributed by atoms with Crippen molar-refractivity contribution in [2.75, 3.05) is 26.2 Å². The fourth-order valence-corrected chi connectivity index (χ4v) is 2.66. The van der Waals surface area contributed by atoms with Crippen LogP contribution in [0.25, 0.3) is 11.3 Å². The van der Waals surface area contributed by atoms with E-state index in [0.29, 0.717) is 0 Å². The fourth-order valence-electron chi connectivity index (χ4n) is 2.41. The van der Waals surface area contributed by atoms with Crippen molar-refractivity contribution in [3.05, 3.63) is 46.1 Å². The molecule has 2 rings (SSSR count). The average molecular weight is 438 g/mol. The molecule has 24 heavy (non-hydrogen) atoms. The molecule has 0 fully saturated rings. The summed E-state index contributed by atoms with van der Waals surface area (Å²) in [5.74, 6) is 1.91. The molecule has 0 spiro atoms. The Labute approximate surface area is 166 Å². The first kappa shape index (κ1) is 23.5. The van der Waals surface area contributed by atoms with Gasteiger partial charge in [-0.05, 0) is 49.8 Å². The Kier molecular flexibility index (Phi) is 11.7. The van der Waals surface area contributed by atoms with Crippen LogP contribution >= 0.6 is 40.7 Å². The van der Waals surface area contributed by atoms with E-state index < -0.39 is 0 Å². The van der Waals surface area contributed by atoms with Gasteiger partial charge in [0.25, 0.3) is 0 Å². The molecule has 0 unspecified atom stereocenters. The van der Waals surface area contributed by atoms with Crippen molar-refractivity contribution in [3.8, 4) is 11.3 Å². The van der Waals surface area contributed by atoms with E-state index >= 15 is 0 Å². The second-order valence-electron chi connectivity index (χ2n) is 5.43. The van der Waals surface area contributed by atoms with Crippen molar-refractivity contribution < 1.29 is 4.42 Å². The zero-order valence-corrected chi connectivity index (χ0v) is 17.7. The molecule has 136 valence electrons. The van der Waals surface area contributed by atoms with Crippen molar-refractivity contribution in [1.82, 2.24) is 10.2 Å². The third-order valence-electron chi connectivity index (χ3n) is 3.90. The van der Waals surface area contributed by atoms with Gasteiger partial charge in [-0.1, -0.05) is 35.8 Å². The van der Waals surface area contributed by atoms with Crippen molar-refractivity contribution in [1.29, 1.82) is 0 Å². The number of likely N-dealkylation sites (N-methyl/N-ethyl adjacent to an activating group) is 1. The van der Waals surface area contributed by atoms with Gasteiger partial charge >= 0.3 is 0 Å².